The molecule has 0 spiro atoms. The maximum atomic E-state index is 10.4. The van der Waals surface area contributed by atoms with Crippen molar-refractivity contribution in [3.05, 3.63) is 102 Å². The third-order valence-electron chi connectivity index (χ3n) is 5.97. The van der Waals surface area contributed by atoms with E-state index in [2.05, 4.69) is 89.5 Å². The van der Waals surface area contributed by atoms with E-state index in [1.165, 1.54) is 39.1 Å². The first kappa shape index (κ1) is 18.8. The normalized spacial score (nSPS) is 13.4. The summed E-state index contributed by atoms with van der Waals surface area (Å²) in [5.41, 5.74) is 10.1. The van der Waals surface area contributed by atoms with Crippen LogP contribution in [0.5, 0.6) is 0 Å². The number of pyridine rings is 1. The first-order valence-corrected chi connectivity index (χ1v) is 10.7. The molecule has 0 amide bonds. The zero-order valence-corrected chi connectivity index (χ0v) is 17.3. The van der Waals surface area contributed by atoms with Crippen molar-refractivity contribution in [1.82, 2.24) is 0 Å². The average Bonchev–Trinajstić information content (AvgIpc) is 2.79. The molecule has 1 heterocycles. The highest BCUT2D eigenvalue weighted by atomic mass is 16.3. The van der Waals surface area contributed by atoms with Gasteiger partial charge in [-0.2, -0.15) is 4.57 Å². The van der Waals surface area contributed by atoms with E-state index in [4.69, 9.17) is 0 Å². The van der Waals surface area contributed by atoms with Crippen molar-refractivity contribution in [3.63, 3.8) is 0 Å². The van der Waals surface area contributed by atoms with Crippen molar-refractivity contribution in [2.75, 3.05) is 0 Å². The Kier molecular flexibility index (Phi) is 4.94. The summed E-state index contributed by atoms with van der Waals surface area (Å²) in [5, 5.41) is 10.4. The standard InChI is InChI=1S/C28H26NO/c1-20(30)19-29-27(23-13-6-3-7-14-23)18-26(21-10-4-2-5-11-21)25-17-16-22-12-8-9-15-24(22)28(25)29/h2-15,18,20,30H,16-17,19H2,1H3/q+1. The van der Waals surface area contributed by atoms with E-state index in [1.807, 2.05) is 13.0 Å². The van der Waals surface area contributed by atoms with Gasteiger partial charge in [-0.3, -0.25) is 0 Å². The maximum Gasteiger partial charge on any atom is 0.217 e. The molecule has 2 heteroatoms. The lowest BCUT2D eigenvalue weighted by Gasteiger charge is -2.23. The monoisotopic (exact) mass is 392 g/mol. The fraction of sp³-hybridized carbons (Fsp3) is 0.179. The zero-order chi connectivity index (χ0) is 20.5. The lowest BCUT2D eigenvalue weighted by Crippen LogP contribution is -2.45. The van der Waals surface area contributed by atoms with Gasteiger partial charge < -0.3 is 5.11 Å². The summed E-state index contributed by atoms with van der Waals surface area (Å²) < 4.78 is 2.33. The quantitative estimate of drug-likeness (QED) is 0.459. The third kappa shape index (κ3) is 3.34. The molecular weight excluding hydrogens is 366 g/mol. The van der Waals surface area contributed by atoms with Crippen molar-refractivity contribution >= 4 is 0 Å². The molecule has 1 aromatic heterocycles. The van der Waals surface area contributed by atoms with Gasteiger partial charge in [-0.05, 0) is 54.7 Å². The molecule has 0 radical (unpaired) electrons. The Balaban J connectivity index is 1.88. The van der Waals surface area contributed by atoms with Gasteiger partial charge in [0.2, 0.25) is 11.4 Å². The predicted octanol–water partition coefficient (Wildman–Crippen LogP) is 5.45. The molecule has 1 atom stereocenters. The minimum Gasteiger partial charge on any atom is -0.387 e. The smallest absolute Gasteiger partial charge is 0.217 e. The molecule has 1 aliphatic rings. The largest absolute Gasteiger partial charge is 0.387 e. The van der Waals surface area contributed by atoms with Crippen LogP contribution in [0.25, 0.3) is 33.6 Å². The Morgan fingerprint density at radius 3 is 2.10 bits per heavy atom. The Morgan fingerprint density at radius 2 is 1.40 bits per heavy atom. The van der Waals surface area contributed by atoms with Gasteiger partial charge in [0.05, 0.1) is 0 Å². The van der Waals surface area contributed by atoms with Crippen molar-refractivity contribution < 1.29 is 9.67 Å². The fourth-order valence-electron chi connectivity index (χ4n) is 4.68. The van der Waals surface area contributed by atoms with E-state index < -0.39 is 6.10 Å². The van der Waals surface area contributed by atoms with Gasteiger partial charge in [-0.15, -0.1) is 0 Å². The van der Waals surface area contributed by atoms with Crippen LogP contribution < -0.4 is 4.57 Å². The van der Waals surface area contributed by atoms with Crippen LogP contribution in [0.3, 0.4) is 0 Å². The highest BCUT2D eigenvalue weighted by Gasteiger charge is 2.32. The van der Waals surface area contributed by atoms with Crippen LogP contribution in [0.4, 0.5) is 0 Å². The van der Waals surface area contributed by atoms with Gasteiger partial charge in [0.25, 0.3) is 0 Å². The molecule has 5 rings (SSSR count). The Bertz CT molecular complexity index is 1180. The van der Waals surface area contributed by atoms with E-state index in [1.54, 1.807) is 0 Å². The summed E-state index contributed by atoms with van der Waals surface area (Å²) in [6.45, 7) is 2.43. The fourth-order valence-corrected chi connectivity index (χ4v) is 4.68. The van der Waals surface area contributed by atoms with Crippen molar-refractivity contribution in [2.24, 2.45) is 0 Å². The van der Waals surface area contributed by atoms with E-state index in [0.29, 0.717) is 6.54 Å². The second kappa shape index (κ2) is 7.89. The van der Waals surface area contributed by atoms with Crippen LogP contribution in [0, 0.1) is 0 Å². The molecule has 3 aromatic carbocycles. The Hall–Kier alpha value is -3.23. The molecule has 1 aliphatic carbocycles. The van der Waals surface area contributed by atoms with E-state index >= 15 is 0 Å². The maximum absolute atomic E-state index is 10.4. The zero-order valence-electron chi connectivity index (χ0n) is 17.3. The van der Waals surface area contributed by atoms with Gasteiger partial charge in [0.1, 0.15) is 6.10 Å². The third-order valence-corrected chi connectivity index (χ3v) is 5.97. The van der Waals surface area contributed by atoms with Crippen molar-refractivity contribution in [1.29, 1.82) is 0 Å². The van der Waals surface area contributed by atoms with Crippen LogP contribution in [0.2, 0.25) is 0 Å². The average molecular weight is 393 g/mol. The number of rotatable bonds is 4. The minimum atomic E-state index is -0.432. The molecule has 148 valence electrons. The summed E-state index contributed by atoms with van der Waals surface area (Å²) in [4.78, 5) is 0. The summed E-state index contributed by atoms with van der Waals surface area (Å²) in [7, 11) is 0. The van der Waals surface area contributed by atoms with Crippen molar-refractivity contribution in [3.8, 4) is 33.6 Å². The van der Waals surface area contributed by atoms with E-state index in [-0.39, 0.29) is 0 Å². The van der Waals surface area contributed by atoms with E-state index in [0.717, 1.165) is 18.5 Å². The predicted molar refractivity (Wildman–Crippen MR) is 122 cm³/mol. The van der Waals surface area contributed by atoms with Gasteiger partial charge in [0, 0.05) is 22.8 Å². The molecule has 0 fully saturated rings. The number of nitrogens with zero attached hydrogens (tertiary/aromatic N) is 1. The van der Waals surface area contributed by atoms with Crippen LogP contribution in [-0.2, 0) is 19.4 Å². The molecule has 0 saturated heterocycles. The molecule has 1 N–H and O–H groups in total. The Labute approximate surface area is 178 Å². The summed E-state index contributed by atoms with van der Waals surface area (Å²) in [6.07, 6.45) is 1.62. The van der Waals surface area contributed by atoms with Gasteiger partial charge in [0.15, 0.2) is 6.54 Å². The molecule has 0 aliphatic heterocycles. The van der Waals surface area contributed by atoms with E-state index in [9.17, 15) is 5.11 Å². The highest BCUT2D eigenvalue weighted by Crippen LogP contribution is 2.39. The van der Waals surface area contributed by atoms with Gasteiger partial charge in [-0.25, -0.2) is 0 Å². The molecule has 2 nitrogen and oxygen atoms in total. The summed E-state index contributed by atoms with van der Waals surface area (Å²) in [5.74, 6) is 0. The first-order valence-electron chi connectivity index (χ1n) is 10.7. The molecule has 4 aromatic rings. The Morgan fingerprint density at radius 1 is 0.767 bits per heavy atom. The number of aromatic nitrogens is 1. The second-order valence-corrected chi connectivity index (χ2v) is 8.12. The lowest BCUT2D eigenvalue weighted by molar-refractivity contribution is -0.682. The first-order chi connectivity index (χ1) is 14.7. The highest BCUT2D eigenvalue weighted by molar-refractivity contribution is 5.80. The summed E-state index contributed by atoms with van der Waals surface area (Å²) >= 11 is 0. The number of benzene rings is 3. The molecule has 0 saturated carbocycles. The summed E-state index contributed by atoms with van der Waals surface area (Å²) in [6, 6.07) is 32.2. The number of aliphatic hydroxyl groups excluding tert-OH is 1. The molecule has 0 bridgehead atoms. The van der Waals surface area contributed by atoms with Crippen LogP contribution in [-0.4, -0.2) is 11.2 Å². The topological polar surface area (TPSA) is 24.1 Å². The van der Waals surface area contributed by atoms with Crippen molar-refractivity contribution in [2.45, 2.75) is 32.4 Å². The van der Waals surface area contributed by atoms with Gasteiger partial charge in [-0.1, -0.05) is 66.7 Å². The molecule has 1 unspecified atom stereocenters. The van der Waals surface area contributed by atoms with Crippen LogP contribution in [0.15, 0.2) is 91.0 Å². The van der Waals surface area contributed by atoms with Crippen LogP contribution >= 0.6 is 0 Å². The lowest BCUT2D eigenvalue weighted by atomic mass is 9.83. The number of fused-ring (bicyclic) bond motifs is 3. The van der Waals surface area contributed by atoms with Crippen LogP contribution in [0.1, 0.15) is 18.1 Å². The number of hydrogen-bond acceptors (Lipinski definition) is 1. The van der Waals surface area contributed by atoms with Gasteiger partial charge >= 0.3 is 0 Å². The number of aliphatic hydroxyl groups is 1. The second-order valence-electron chi connectivity index (χ2n) is 8.12. The molecule has 30 heavy (non-hydrogen) atoms. The molecular formula is C28H26NO+. The minimum absolute atomic E-state index is 0.432. The number of hydrogen-bond donors (Lipinski definition) is 1. The number of aryl methyl sites for hydroxylation is 1. The SMILES string of the molecule is CC(O)C[n+]1c(-c2ccccc2)cc(-c2ccccc2)c2c1-c1ccccc1CC2.